The molecule has 1 fully saturated rings. The molecular formula is C16H25FN2O. The first-order chi connectivity index (χ1) is 9.47. The largest absolute Gasteiger partial charge is 0.377 e. The molecule has 1 saturated heterocycles. The Morgan fingerprint density at radius 3 is 2.85 bits per heavy atom. The minimum absolute atomic E-state index is 0.129. The Morgan fingerprint density at radius 1 is 1.45 bits per heavy atom. The molecule has 1 N–H and O–H groups in total. The van der Waals surface area contributed by atoms with Crippen molar-refractivity contribution in [3.8, 4) is 0 Å². The van der Waals surface area contributed by atoms with Crippen LogP contribution < -0.4 is 10.2 Å². The quantitative estimate of drug-likeness (QED) is 0.917. The Balaban J connectivity index is 2.43. The van der Waals surface area contributed by atoms with Crippen molar-refractivity contribution in [2.75, 3.05) is 31.2 Å². The van der Waals surface area contributed by atoms with Gasteiger partial charge in [-0.3, -0.25) is 0 Å². The van der Waals surface area contributed by atoms with Crippen molar-refractivity contribution in [1.82, 2.24) is 5.32 Å². The summed E-state index contributed by atoms with van der Waals surface area (Å²) in [7, 11) is 0. The molecule has 20 heavy (non-hydrogen) atoms. The van der Waals surface area contributed by atoms with Gasteiger partial charge in [0.1, 0.15) is 5.82 Å². The molecule has 1 aliphatic heterocycles. The van der Waals surface area contributed by atoms with Gasteiger partial charge in [0.25, 0.3) is 0 Å². The molecule has 3 nitrogen and oxygen atoms in total. The second-order valence-corrected chi connectivity index (χ2v) is 5.97. The van der Waals surface area contributed by atoms with E-state index in [9.17, 15) is 4.39 Å². The van der Waals surface area contributed by atoms with Crippen LogP contribution in [-0.4, -0.2) is 31.8 Å². The van der Waals surface area contributed by atoms with E-state index in [-0.39, 0.29) is 17.4 Å². The molecule has 0 aliphatic carbocycles. The molecule has 1 aliphatic rings. The van der Waals surface area contributed by atoms with Crippen molar-refractivity contribution in [2.24, 2.45) is 0 Å². The van der Waals surface area contributed by atoms with E-state index < -0.39 is 0 Å². The highest BCUT2D eigenvalue weighted by Gasteiger charge is 2.34. The van der Waals surface area contributed by atoms with E-state index >= 15 is 0 Å². The highest BCUT2D eigenvalue weighted by molar-refractivity contribution is 5.58. The van der Waals surface area contributed by atoms with Gasteiger partial charge in [-0.05, 0) is 38.9 Å². The SMILES string of the molecule is CCNC(C)c1cccc(F)c1N1CCOCC1(C)C. The normalized spacial score (nSPS) is 19.9. The second-order valence-electron chi connectivity index (χ2n) is 5.97. The lowest BCUT2D eigenvalue weighted by atomic mass is 9.97. The van der Waals surface area contributed by atoms with Crippen LogP contribution in [0.1, 0.15) is 39.3 Å². The average Bonchev–Trinajstić information content (AvgIpc) is 2.39. The number of hydrogen-bond acceptors (Lipinski definition) is 3. The van der Waals surface area contributed by atoms with Crippen LogP contribution in [0.4, 0.5) is 10.1 Å². The predicted molar refractivity (Wildman–Crippen MR) is 80.7 cm³/mol. The summed E-state index contributed by atoms with van der Waals surface area (Å²) in [6.45, 7) is 11.2. The molecule has 112 valence electrons. The van der Waals surface area contributed by atoms with Gasteiger partial charge in [0.2, 0.25) is 0 Å². The van der Waals surface area contributed by atoms with Crippen molar-refractivity contribution in [3.63, 3.8) is 0 Å². The molecule has 1 heterocycles. The first-order valence-electron chi connectivity index (χ1n) is 7.34. The van der Waals surface area contributed by atoms with E-state index in [1.54, 1.807) is 12.1 Å². The predicted octanol–water partition coefficient (Wildman–Crippen LogP) is 3.11. The monoisotopic (exact) mass is 280 g/mol. The van der Waals surface area contributed by atoms with Crippen LogP contribution in [0.25, 0.3) is 0 Å². The van der Waals surface area contributed by atoms with Gasteiger partial charge in [0, 0.05) is 12.6 Å². The minimum atomic E-state index is -0.193. The van der Waals surface area contributed by atoms with Crippen LogP contribution in [0.15, 0.2) is 18.2 Å². The smallest absolute Gasteiger partial charge is 0.146 e. The zero-order valence-electron chi connectivity index (χ0n) is 12.9. The topological polar surface area (TPSA) is 24.5 Å². The first-order valence-corrected chi connectivity index (χ1v) is 7.34. The Bertz CT molecular complexity index is 462. The molecule has 0 amide bonds. The average molecular weight is 280 g/mol. The molecule has 2 rings (SSSR count). The number of nitrogens with zero attached hydrogens (tertiary/aromatic N) is 1. The van der Waals surface area contributed by atoms with E-state index in [0.717, 1.165) is 18.7 Å². The summed E-state index contributed by atoms with van der Waals surface area (Å²) >= 11 is 0. The fraction of sp³-hybridized carbons (Fsp3) is 0.625. The third-order valence-corrected chi connectivity index (χ3v) is 3.91. The maximum atomic E-state index is 14.5. The Morgan fingerprint density at radius 2 is 2.20 bits per heavy atom. The van der Waals surface area contributed by atoms with Crippen molar-refractivity contribution in [1.29, 1.82) is 0 Å². The summed E-state index contributed by atoms with van der Waals surface area (Å²) in [4.78, 5) is 2.15. The number of anilines is 1. The summed E-state index contributed by atoms with van der Waals surface area (Å²) < 4.78 is 20.0. The fourth-order valence-electron chi connectivity index (χ4n) is 2.86. The molecule has 1 unspecified atom stereocenters. The van der Waals surface area contributed by atoms with E-state index in [2.05, 4.69) is 37.9 Å². The Hall–Kier alpha value is -1.13. The van der Waals surface area contributed by atoms with E-state index in [0.29, 0.717) is 18.9 Å². The number of para-hydroxylation sites is 1. The molecule has 0 radical (unpaired) electrons. The third kappa shape index (κ3) is 2.96. The van der Waals surface area contributed by atoms with E-state index in [4.69, 9.17) is 4.74 Å². The number of nitrogens with one attached hydrogen (secondary N) is 1. The summed E-state index contributed by atoms with van der Waals surface area (Å²) in [5.74, 6) is -0.151. The van der Waals surface area contributed by atoms with Gasteiger partial charge in [-0.25, -0.2) is 4.39 Å². The fourth-order valence-corrected chi connectivity index (χ4v) is 2.86. The number of ether oxygens (including phenoxy) is 1. The van der Waals surface area contributed by atoms with Gasteiger partial charge in [-0.15, -0.1) is 0 Å². The zero-order chi connectivity index (χ0) is 14.8. The van der Waals surface area contributed by atoms with Gasteiger partial charge < -0.3 is 15.0 Å². The van der Waals surface area contributed by atoms with Gasteiger partial charge in [-0.1, -0.05) is 19.1 Å². The number of morpholine rings is 1. The second kappa shape index (κ2) is 6.10. The summed E-state index contributed by atoms with van der Waals surface area (Å²) in [5, 5.41) is 3.37. The zero-order valence-corrected chi connectivity index (χ0v) is 12.9. The van der Waals surface area contributed by atoms with Gasteiger partial charge >= 0.3 is 0 Å². The van der Waals surface area contributed by atoms with Crippen LogP contribution in [-0.2, 0) is 4.74 Å². The van der Waals surface area contributed by atoms with E-state index in [1.165, 1.54) is 0 Å². The lowest BCUT2D eigenvalue weighted by Gasteiger charge is -2.45. The summed E-state index contributed by atoms with van der Waals surface area (Å²) in [6, 6.07) is 5.47. The maximum absolute atomic E-state index is 14.5. The lowest BCUT2D eigenvalue weighted by molar-refractivity contribution is 0.0638. The highest BCUT2D eigenvalue weighted by atomic mass is 19.1. The van der Waals surface area contributed by atoms with Crippen LogP contribution in [0.5, 0.6) is 0 Å². The van der Waals surface area contributed by atoms with Crippen molar-refractivity contribution < 1.29 is 9.13 Å². The van der Waals surface area contributed by atoms with Crippen molar-refractivity contribution >= 4 is 5.69 Å². The molecule has 0 bridgehead atoms. The van der Waals surface area contributed by atoms with Gasteiger partial charge in [0.15, 0.2) is 0 Å². The Labute approximate surface area is 121 Å². The summed E-state index contributed by atoms with van der Waals surface area (Å²) in [6.07, 6.45) is 0. The molecule has 0 saturated carbocycles. The maximum Gasteiger partial charge on any atom is 0.146 e. The van der Waals surface area contributed by atoms with Gasteiger partial charge in [-0.2, -0.15) is 0 Å². The van der Waals surface area contributed by atoms with Gasteiger partial charge in [0.05, 0.1) is 24.4 Å². The molecular weight excluding hydrogens is 255 g/mol. The molecule has 0 aromatic heterocycles. The number of hydrogen-bond donors (Lipinski definition) is 1. The molecule has 0 spiro atoms. The number of benzene rings is 1. The van der Waals surface area contributed by atoms with Crippen LogP contribution in [0.3, 0.4) is 0 Å². The molecule has 1 aromatic carbocycles. The van der Waals surface area contributed by atoms with Crippen LogP contribution >= 0.6 is 0 Å². The summed E-state index contributed by atoms with van der Waals surface area (Å²) in [5.41, 5.74) is 1.54. The lowest BCUT2D eigenvalue weighted by Crippen LogP contribution is -2.54. The minimum Gasteiger partial charge on any atom is -0.377 e. The molecule has 1 aromatic rings. The van der Waals surface area contributed by atoms with Crippen LogP contribution in [0.2, 0.25) is 0 Å². The van der Waals surface area contributed by atoms with Crippen molar-refractivity contribution in [2.45, 2.75) is 39.3 Å². The van der Waals surface area contributed by atoms with Crippen LogP contribution in [0, 0.1) is 5.82 Å². The Kier molecular flexibility index (Phi) is 4.66. The third-order valence-electron chi connectivity index (χ3n) is 3.91. The standard InChI is InChI=1S/C16H25FN2O/c1-5-18-12(2)13-7-6-8-14(17)15(13)19-9-10-20-11-16(19,3)4/h6-8,12,18H,5,9-11H2,1-4H3. The highest BCUT2D eigenvalue weighted by Crippen LogP contribution is 2.35. The van der Waals surface area contributed by atoms with E-state index in [1.807, 2.05) is 6.07 Å². The molecule has 4 heteroatoms. The number of halogens is 1. The first kappa shape index (κ1) is 15.3. The molecule has 1 atom stereocenters. The number of rotatable bonds is 4. The van der Waals surface area contributed by atoms with Crippen molar-refractivity contribution in [3.05, 3.63) is 29.6 Å².